The Morgan fingerprint density at radius 3 is 2.38 bits per heavy atom. The quantitative estimate of drug-likeness (QED) is 0.253. The normalized spacial score (nSPS) is 18.9. The molecule has 3 heteroatoms. The van der Waals surface area contributed by atoms with Crippen LogP contribution in [0.4, 0.5) is 0 Å². The molecule has 202 valence electrons. The van der Waals surface area contributed by atoms with Crippen molar-refractivity contribution in [1.82, 2.24) is 0 Å². The highest BCUT2D eigenvalue weighted by molar-refractivity contribution is 6.01. The Labute approximate surface area is 225 Å². The summed E-state index contributed by atoms with van der Waals surface area (Å²) in [7, 11) is 0. The molecule has 0 aliphatic heterocycles. The Bertz CT molecular complexity index is 1080. The molecule has 0 saturated heterocycles. The highest BCUT2D eigenvalue weighted by atomic mass is 16.1. The lowest BCUT2D eigenvalue weighted by atomic mass is 9.70. The smallest absolute Gasteiger partial charge is 0.163 e. The number of carbonyl (C=O) groups excluding carboxylic acids is 3. The highest BCUT2D eigenvalue weighted by Gasteiger charge is 2.34. The molecule has 0 bridgehead atoms. The van der Waals surface area contributed by atoms with Gasteiger partial charge in [-0.2, -0.15) is 0 Å². The Hall–Kier alpha value is -2.29. The number of aryl methyl sites for hydroxylation is 1. The molecule has 3 atom stereocenters. The van der Waals surface area contributed by atoms with Gasteiger partial charge in [-0.3, -0.25) is 14.4 Å². The van der Waals surface area contributed by atoms with Crippen molar-refractivity contribution in [3.05, 3.63) is 57.2 Å². The van der Waals surface area contributed by atoms with Crippen molar-refractivity contribution in [1.29, 1.82) is 0 Å². The largest absolute Gasteiger partial charge is 0.300 e. The number of rotatable bonds is 13. The van der Waals surface area contributed by atoms with Gasteiger partial charge in [-0.25, -0.2) is 0 Å². The molecule has 0 heterocycles. The van der Waals surface area contributed by atoms with Gasteiger partial charge in [-0.1, -0.05) is 69.9 Å². The van der Waals surface area contributed by atoms with E-state index in [2.05, 4.69) is 59.8 Å². The second-order valence-corrected chi connectivity index (χ2v) is 12.1. The molecule has 3 rings (SSSR count). The minimum atomic E-state index is -0.0861. The van der Waals surface area contributed by atoms with Crippen molar-refractivity contribution in [2.75, 3.05) is 0 Å². The number of carbonyl (C=O) groups is 3. The third kappa shape index (κ3) is 7.18. The van der Waals surface area contributed by atoms with Crippen molar-refractivity contribution in [3.63, 3.8) is 0 Å². The lowest BCUT2D eigenvalue weighted by Crippen LogP contribution is -2.30. The van der Waals surface area contributed by atoms with Crippen LogP contribution in [0.1, 0.15) is 131 Å². The second-order valence-electron chi connectivity index (χ2n) is 12.1. The molecule has 37 heavy (non-hydrogen) atoms. The standard InChI is InChI=1S/C34H48O3/c1-8-10-28(29(9-2)32(36)16-23(6)35)17-26-18-31-30(21(3)4)20-27(24(7)34(31)33(37)19-26)14-13-25-12-11-22(5)15-25/h11,15,20-21,26,28-29H,8-10,12-14,16-19H2,1-7H3. The molecule has 3 nitrogen and oxygen atoms in total. The Morgan fingerprint density at radius 1 is 1.08 bits per heavy atom. The molecule has 0 N–H and O–H groups in total. The zero-order chi connectivity index (χ0) is 27.3. The average molecular weight is 505 g/mol. The van der Waals surface area contributed by atoms with Crippen LogP contribution < -0.4 is 0 Å². The predicted molar refractivity (Wildman–Crippen MR) is 153 cm³/mol. The number of Topliss-reactive ketones (excluding diaryl/α,β-unsaturated/α-hetero) is 3. The minimum Gasteiger partial charge on any atom is -0.300 e. The van der Waals surface area contributed by atoms with Gasteiger partial charge in [0.1, 0.15) is 11.6 Å². The van der Waals surface area contributed by atoms with Crippen LogP contribution in [0.5, 0.6) is 0 Å². The summed E-state index contributed by atoms with van der Waals surface area (Å²) in [6.45, 7) is 14.5. The van der Waals surface area contributed by atoms with Crippen LogP contribution in [0.25, 0.3) is 0 Å². The number of hydrogen-bond donors (Lipinski definition) is 0. The van der Waals surface area contributed by atoms with Gasteiger partial charge in [0.25, 0.3) is 0 Å². The van der Waals surface area contributed by atoms with E-state index < -0.39 is 0 Å². The Kier molecular flexibility index (Phi) is 10.3. The molecular formula is C34H48O3. The van der Waals surface area contributed by atoms with Crippen LogP contribution in [-0.4, -0.2) is 17.3 Å². The third-order valence-electron chi connectivity index (χ3n) is 8.68. The monoisotopic (exact) mass is 504 g/mol. The van der Waals surface area contributed by atoms with Gasteiger partial charge in [0.2, 0.25) is 0 Å². The predicted octanol–water partition coefficient (Wildman–Crippen LogP) is 8.45. The van der Waals surface area contributed by atoms with Gasteiger partial charge in [0.05, 0.1) is 6.42 Å². The lowest BCUT2D eigenvalue weighted by Gasteiger charge is -2.33. The van der Waals surface area contributed by atoms with E-state index in [-0.39, 0.29) is 41.5 Å². The SMILES string of the molecule is CCCC(CC1CC(=O)c2c(C)c(CCC3=CC(C)=CC3)cc(C(C)C)c2C1)C(CC)C(=O)CC(C)=O. The fourth-order valence-corrected chi connectivity index (χ4v) is 6.86. The molecule has 2 aliphatic rings. The first-order valence-corrected chi connectivity index (χ1v) is 14.6. The van der Waals surface area contributed by atoms with Crippen molar-refractivity contribution < 1.29 is 14.4 Å². The second kappa shape index (κ2) is 13.0. The number of hydrogen-bond acceptors (Lipinski definition) is 3. The van der Waals surface area contributed by atoms with Crippen LogP contribution in [0, 0.1) is 24.7 Å². The summed E-state index contributed by atoms with van der Waals surface area (Å²) < 4.78 is 0. The van der Waals surface area contributed by atoms with Crippen LogP contribution in [-0.2, 0) is 22.4 Å². The molecule has 0 saturated carbocycles. The van der Waals surface area contributed by atoms with Gasteiger partial charge < -0.3 is 0 Å². The average Bonchev–Trinajstić information content (AvgIpc) is 3.23. The highest BCUT2D eigenvalue weighted by Crippen LogP contribution is 2.40. The molecule has 0 fully saturated rings. The molecule has 0 aromatic heterocycles. The summed E-state index contributed by atoms with van der Waals surface area (Å²) in [6.07, 6.45) is 12.9. The van der Waals surface area contributed by atoms with Gasteiger partial charge in [0.15, 0.2) is 5.78 Å². The topological polar surface area (TPSA) is 51.2 Å². The number of fused-ring (bicyclic) bond motifs is 1. The Morgan fingerprint density at radius 2 is 1.81 bits per heavy atom. The first-order chi connectivity index (χ1) is 17.5. The summed E-state index contributed by atoms with van der Waals surface area (Å²) in [5, 5.41) is 0. The first kappa shape index (κ1) is 29.3. The number of ketones is 3. The lowest BCUT2D eigenvalue weighted by molar-refractivity contribution is -0.129. The van der Waals surface area contributed by atoms with E-state index in [9.17, 15) is 14.4 Å². The van der Waals surface area contributed by atoms with Crippen LogP contribution in [0.2, 0.25) is 0 Å². The summed E-state index contributed by atoms with van der Waals surface area (Å²) in [5.74, 6) is 1.09. The number of allylic oxidation sites excluding steroid dienone is 4. The van der Waals surface area contributed by atoms with E-state index in [1.165, 1.54) is 40.3 Å². The van der Waals surface area contributed by atoms with E-state index in [4.69, 9.17) is 0 Å². The fraction of sp³-hybridized carbons (Fsp3) is 0.618. The van der Waals surface area contributed by atoms with Gasteiger partial charge in [-0.15, -0.1) is 0 Å². The van der Waals surface area contributed by atoms with E-state index in [0.29, 0.717) is 12.3 Å². The van der Waals surface area contributed by atoms with E-state index >= 15 is 0 Å². The maximum atomic E-state index is 13.7. The zero-order valence-electron chi connectivity index (χ0n) is 24.3. The molecule has 1 aromatic rings. The summed E-state index contributed by atoms with van der Waals surface area (Å²) in [4.78, 5) is 38.2. The van der Waals surface area contributed by atoms with Crippen molar-refractivity contribution in [3.8, 4) is 0 Å². The minimum absolute atomic E-state index is 0.0388. The summed E-state index contributed by atoms with van der Waals surface area (Å²) in [6, 6.07) is 2.39. The summed E-state index contributed by atoms with van der Waals surface area (Å²) >= 11 is 0. The van der Waals surface area contributed by atoms with Crippen molar-refractivity contribution >= 4 is 17.3 Å². The van der Waals surface area contributed by atoms with Crippen LogP contribution in [0.3, 0.4) is 0 Å². The van der Waals surface area contributed by atoms with Crippen LogP contribution >= 0.6 is 0 Å². The van der Waals surface area contributed by atoms with Gasteiger partial charge in [0, 0.05) is 17.9 Å². The van der Waals surface area contributed by atoms with Crippen LogP contribution in [0.15, 0.2) is 29.4 Å². The molecular weight excluding hydrogens is 456 g/mol. The maximum Gasteiger partial charge on any atom is 0.163 e. The molecule has 0 spiro atoms. The molecule has 0 amide bonds. The molecule has 0 radical (unpaired) electrons. The zero-order valence-corrected chi connectivity index (χ0v) is 24.3. The van der Waals surface area contributed by atoms with Gasteiger partial charge in [-0.05, 0) is 99.3 Å². The van der Waals surface area contributed by atoms with E-state index in [1.54, 1.807) is 0 Å². The van der Waals surface area contributed by atoms with Gasteiger partial charge >= 0.3 is 0 Å². The third-order valence-corrected chi connectivity index (χ3v) is 8.68. The summed E-state index contributed by atoms with van der Waals surface area (Å²) in [5.41, 5.74) is 8.92. The van der Waals surface area contributed by atoms with Crippen molar-refractivity contribution in [2.24, 2.45) is 17.8 Å². The first-order valence-electron chi connectivity index (χ1n) is 14.6. The van der Waals surface area contributed by atoms with Crippen molar-refractivity contribution in [2.45, 2.75) is 119 Å². The molecule has 2 aliphatic carbocycles. The fourth-order valence-electron chi connectivity index (χ4n) is 6.86. The molecule has 1 aromatic carbocycles. The Balaban J connectivity index is 1.86. The van der Waals surface area contributed by atoms with E-state index in [1.807, 2.05) is 0 Å². The maximum absolute atomic E-state index is 13.7. The number of benzene rings is 1. The molecule has 3 unspecified atom stereocenters. The van der Waals surface area contributed by atoms with E-state index in [0.717, 1.165) is 56.9 Å².